The van der Waals surface area contributed by atoms with Crippen molar-refractivity contribution >= 4 is 11.5 Å². The Morgan fingerprint density at radius 1 is 1.31 bits per heavy atom. The number of Topliss-reactive ketones (excluding diaryl/α,β-unsaturated/α-hetero) is 1. The molecule has 1 heterocycles. The van der Waals surface area contributed by atoms with Gasteiger partial charge < -0.3 is 4.74 Å². The molecule has 0 saturated heterocycles. The summed E-state index contributed by atoms with van der Waals surface area (Å²) in [5.74, 6) is 0.758. The zero-order valence-corrected chi connectivity index (χ0v) is 9.56. The summed E-state index contributed by atoms with van der Waals surface area (Å²) in [7, 11) is 0. The molecule has 0 saturated carbocycles. The van der Waals surface area contributed by atoms with E-state index in [0.29, 0.717) is 24.3 Å². The molecule has 0 bridgehead atoms. The largest absolute Gasteiger partial charge is 0.487 e. The molecule has 1 aliphatic heterocycles. The van der Waals surface area contributed by atoms with Crippen LogP contribution >= 0.6 is 0 Å². The highest BCUT2D eigenvalue weighted by Gasteiger charge is 2.19. The maximum absolute atomic E-state index is 11.9. The third-order valence-electron chi connectivity index (χ3n) is 2.39. The number of hydrogen-bond acceptors (Lipinski definition) is 3. The number of para-hydroxylation sites is 1. The van der Waals surface area contributed by atoms with E-state index in [9.17, 15) is 4.79 Å². The quantitative estimate of drug-likeness (QED) is 0.725. The van der Waals surface area contributed by atoms with E-state index >= 15 is 0 Å². The fraction of sp³-hybridized carbons (Fsp3) is 0.385. The molecule has 2 rings (SSSR count). The molecule has 1 aliphatic rings. The van der Waals surface area contributed by atoms with Crippen molar-refractivity contribution < 1.29 is 9.53 Å². The number of aliphatic imine (C=N–C) groups is 1. The number of nitrogens with zero attached hydrogens (tertiary/aromatic N) is 1. The number of fused-ring (bicyclic) bond motifs is 1. The van der Waals surface area contributed by atoms with E-state index in [2.05, 4.69) is 4.99 Å². The van der Waals surface area contributed by atoms with Gasteiger partial charge >= 0.3 is 0 Å². The third-order valence-corrected chi connectivity index (χ3v) is 2.39. The van der Waals surface area contributed by atoms with E-state index < -0.39 is 0 Å². The highest BCUT2D eigenvalue weighted by molar-refractivity contribution is 6.12. The lowest BCUT2D eigenvalue weighted by atomic mass is 10.1. The number of rotatable bonds is 1. The molecule has 3 heteroatoms. The van der Waals surface area contributed by atoms with Gasteiger partial charge in [0.15, 0.2) is 5.78 Å². The standard InChI is InChI=1S/C13H15NO2/c1-9(2)14-10-7-12(15)11-5-3-4-6-13(11)16-8-10/h3-6,9H,7-8H2,1-2H3. The van der Waals surface area contributed by atoms with Crippen molar-refractivity contribution in [1.29, 1.82) is 0 Å². The predicted molar refractivity (Wildman–Crippen MR) is 63.5 cm³/mol. The second-order valence-corrected chi connectivity index (χ2v) is 4.17. The number of hydrogen-bond donors (Lipinski definition) is 0. The highest BCUT2D eigenvalue weighted by Crippen LogP contribution is 2.22. The van der Waals surface area contributed by atoms with Gasteiger partial charge in [-0.1, -0.05) is 12.1 Å². The van der Waals surface area contributed by atoms with Crippen LogP contribution in [-0.4, -0.2) is 24.1 Å². The molecule has 1 aromatic carbocycles. The van der Waals surface area contributed by atoms with Crippen LogP contribution in [-0.2, 0) is 0 Å². The van der Waals surface area contributed by atoms with Gasteiger partial charge in [-0.2, -0.15) is 0 Å². The number of carbonyl (C=O) groups excluding carboxylic acids is 1. The van der Waals surface area contributed by atoms with Crippen LogP contribution in [0.25, 0.3) is 0 Å². The molecule has 84 valence electrons. The summed E-state index contributed by atoms with van der Waals surface area (Å²) in [4.78, 5) is 16.3. The summed E-state index contributed by atoms with van der Waals surface area (Å²) in [5, 5.41) is 0. The van der Waals surface area contributed by atoms with Crippen LogP contribution in [0, 0.1) is 0 Å². The Morgan fingerprint density at radius 2 is 2.06 bits per heavy atom. The Balaban J connectivity index is 2.29. The Kier molecular flexibility index (Phi) is 3.04. The lowest BCUT2D eigenvalue weighted by molar-refractivity contribution is 0.100. The molecular formula is C13H15NO2. The van der Waals surface area contributed by atoms with Crippen LogP contribution in [0.4, 0.5) is 0 Å². The molecule has 0 spiro atoms. The highest BCUT2D eigenvalue weighted by atomic mass is 16.5. The van der Waals surface area contributed by atoms with Gasteiger partial charge in [-0.3, -0.25) is 9.79 Å². The van der Waals surface area contributed by atoms with Crippen LogP contribution in [0.15, 0.2) is 29.3 Å². The molecule has 3 nitrogen and oxygen atoms in total. The molecule has 0 aromatic heterocycles. The lowest BCUT2D eigenvalue weighted by Gasteiger charge is -2.05. The molecule has 0 N–H and O–H groups in total. The first-order chi connectivity index (χ1) is 7.66. The monoisotopic (exact) mass is 217 g/mol. The van der Waals surface area contributed by atoms with Gasteiger partial charge in [-0.25, -0.2) is 0 Å². The van der Waals surface area contributed by atoms with Crippen molar-refractivity contribution in [2.75, 3.05) is 6.61 Å². The Bertz CT molecular complexity index is 435. The molecule has 0 aliphatic carbocycles. The van der Waals surface area contributed by atoms with Gasteiger partial charge in [0.1, 0.15) is 12.4 Å². The van der Waals surface area contributed by atoms with Crippen LogP contribution in [0.5, 0.6) is 5.75 Å². The van der Waals surface area contributed by atoms with Crippen LogP contribution in [0.1, 0.15) is 30.6 Å². The van der Waals surface area contributed by atoms with Crippen molar-refractivity contribution in [3.05, 3.63) is 29.8 Å². The zero-order valence-electron chi connectivity index (χ0n) is 9.56. The number of ketones is 1. The van der Waals surface area contributed by atoms with Gasteiger partial charge in [-0.05, 0) is 26.0 Å². The summed E-state index contributed by atoms with van der Waals surface area (Å²) in [6, 6.07) is 7.55. The molecule has 0 amide bonds. The summed E-state index contributed by atoms with van der Waals surface area (Å²) in [5.41, 5.74) is 1.49. The minimum Gasteiger partial charge on any atom is -0.487 e. The van der Waals surface area contributed by atoms with E-state index in [1.165, 1.54) is 0 Å². The summed E-state index contributed by atoms with van der Waals surface area (Å²) in [6.45, 7) is 4.41. The van der Waals surface area contributed by atoms with Crippen molar-refractivity contribution in [2.24, 2.45) is 4.99 Å². The first-order valence-electron chi connectivity index (χ1n) is 5.47. The molecule has 0 fully saturated rings. The minimum absolute atomic E-state index is 0.0903. The van der Waals surface area contributed by atoms with Crippen LogP contribution in [0.2, 0.25) is 0 Å². The number of carbonyl (C=O) groups is 1. The summed E-state index contributed by atoms with van der Waals surface area (Å²) in [6.07, 6.45) is 0.370. The van der Waals surface area contributed by atoms with Gasteiger partial charge in [0.2, 0.25) is 0 Å². The van der Waals surface area contributed by atoms with Gasteiger partial charge in [0.25, 0.3) is 0 Å². The Hall–Kier alpha value is -1.64. The predicted octanol–water partition coefficient (Wildman–Crippen LogP) is 2.50. The first kappa shape index (κ1) is 10.9. The van der Waals surface area contributed by atoms with Crippen molar-refractivity contribution in [2.45, 2.75) is 26.3 Å². The molecule has 1 aromatic rings. The second-order valence-electron chi connectivity index (χ2n) is 4.17. The summed E-state index contributed by atoms with van der Waals surface area (Å²) < 4.78 is 5.58. The van der Waals surface area contributed by atoms with E-state index in [1.54, 1.807) is 6.07 Å². The van der Waals surface area contributed by atoms with E-state index in [1.807, 2.05) is 32.0 Å². The normalized spacial score (nSPS) is 18.2. The van der Waals surface area contributed by atoms with E-state index in [-0.39, 0.29) is 11.8 Å². The zero-order chi connectivity index (χ0) is 11.5. The minimum atomic E-state index is 0.0903. The van der Waals surface area contributed by atoms with Gasteiger partial charge in [-0.15, -0.1) is 0 Å². The maximum atomic E-state index is 11.9. The summed E-state index contributed by atoms with van der Waals surface area (Å²) >= 11 is 0. The van der Waals surface area contributed by atoms with E-state index in [4.69, 9.17) is 4.74 Å². The lowest BCUT2D eigenvalue weighted by Crippen LogP contribution is -2.13. The van der Waals surface area contributed by atoms with Crippen LogP contribution in [0.3, 0.4) is 0 Å². The number of ether oxygens (including phenoxy) is 1. The maximum Gasteiger partial charge on any atom is 0.172 e. The molecule has 0 radical (unpaired) electrons. The second kappa shape index (κ2) is 4.47. The van der Waals surface area contributed by atoms with Crippen molar-refractivity contribution in [1.82, 2.24) is 0 Å². The molecular weight excluding hydrogens is 202 g/mol. The van der Waals surface area contributed by atoms with Crippen molar-refractivity contribution in [3.63, 3.8) is 0 Å². The molecule has 16 heavy (non-hydrogen) atoms. The molecule has 0 atom stereocenters. The first-order valence-corrected chi connectivity index (χ1v) is 5.47. The van der Waals surface area contributed by atoms with Gasteiger partial charge in [0, 0.05) is 6.04 Å². The third kappa shape index (κ3) is 2.30. The fourth-order valence-electron chi connectivity index (χ4n) is 1.76. The number of benzene rings is 1. The fourth-order valence-corrected chi connectivity index (χ4v) is 1.76. The SMILES string of the molecule is CC(C)N=C1COc2ccccc2C(=O)C1. The van der Waals surface area contributed by atoms with Gasteiger partial charge in [0.05, 0.1) is 17.7 Å². The van der Waals surface area contributed by atoms with Crippen molar-refractivity contribution in [3.8, 4) is 5.75 Å². The Morgan fingerprint density at radius 3 is 2.81 bits per heavy atom. The van der Waals surface area contributed by atoms with Crippen LogP contribution < -0.4 is 4.74 Å². The molecule has 0 unspecified atom stereocenters. The smallest absolute Gasteiger partial charge is 0.172 e. The average Bonchev–Trinajstić information content (AvgIpc) is 2.39. The topological polar surface area (TPSA) is 38.7 Å². The average molecular weight is 217 g/mol. The van der Waals surface area contributed by atoms with E-state index in [0.717, 1.165) is 5.71 Å². The Labute approximate surface area is 95.2 Å².